The molecule has 4 aliphatic rings. The van der Waals surface area contributed by atoms with Crippen molar-refractivity contribution in [1.29, 1.82) is 0 Å². The van der Waals surface area contributed by atoms with Crippen LogP contribution in [-0.4, -0.2) is 86.9 Å². The van der Waals surface area contributed by atoms with Gasteiger partial charge < -0.3 is 44.7 Å². The number of hydrogen-bond acceptors (Lipinski definition) is 15. The maximum absolute atomic E-state index is 12.9. The van der Waals surface area contributed by atoms with E-state index in [4.69, 9.17) is 24.7 Å². The molecule has 2 unspecified atom stereocenters. The van der Waals surface area contributed by atoms with Gasteiger partial charge in [0, 0.05) is 58.7 Å². The number of nitrogen functional groups attached to an aromatic ring is 1. The average molecular weight is 1160 g/mol. The van der Waals surface area contributed by atoms with E-state index < -0.39 is 63.6 Å². The Labute approximate surface area is 450 Å². The lowest BCUT2D eigenvalue weighted by atomic mass is 9.83. The van der Waals surface area contributed by atoms with Gasteiger partial charge in [-0.05, 0) is 87.9 Å². The van der Waals surface area contributed by atoms with E-state index in [1.165, 1.54) is 18.3 Å². The SMILES string of the molecule is CC[N+](CC)=c1ccc2c(/C=C/C=C3/N(CCCCCC(=O)NCC#Cc4cn([C@H]5CC[C@@H](COP(=O)(O)OP(=O)(O)OP(=O)(O)O)O5)c(=O)nc4N)c4ccc(S(=O)(=O)O)cc4C3(C)C)c(C)c(-c3ccccc3)oc-2c1. The van der Waals surface area contributed by atoms with Crippen molar-refractivity contribution in [2.24, 2.45) is 0 Å². The minimum Gasteiger partial charge on any atom is -0.456 e. The summed E-state index contributed by atoms with van der Waals surface area (Å²) in [5.41, 5.74) is 10.9. The highest BCUT2D eigenvalue weighted by atomic mass is 32.2. The first-order valence-electron chi connectivity index (χ1n) is 24.8. The third kappa shape index (κ3) is 14.9. The summed E-state index contributed by atoms with van der Waals surface area (Å²) in [5.74, 6) is 6.63. The van der Waals surface area contributed by atoms with Crippen molar-refractivity contribution < 1.29 is 73.3 Å². The number of hydrogen-bond donors (Lipinski definition) is 7. The van der Waals surface area contributed by atoms with E-state index in [0.717, 1.165) is 73.7 Å². The Balaban J connectivity index is 0.986. The number of rotatable bonds is 21. The molecule has 23 nitrogen and oxygen atoms in total. The molecule has 8 N–H and O–H groups in total. The molecular formula is C51H62N6O17P3S+. The molecule has 1 fully saturated rings. The van der Waals surface area contributed by atoms with E-state index in [0.29, 0.717) is 25.8 Å². The predicted octanol–water partition coefficient (Wildman–Crippen LogP) is 7.00. The van der Waals surface area contributed by atoms with Crippen LogP contribution in [0, 0.1) is 18.8 Å². The first kappa shape index (κ1) is 59.8. The molecule has 0 saturated carbocycles. The number of ether oxygens (including phenoxy) is 1. The maximum Gasteiger partial charge on any atom is 0.490 e. The smallest absolute Gasteiger partial charge is 0.456 e. The monoisotopic (exact) mass is 1160 g/mol. The lowest BCUT2D eigenvalue weighted by Crippen LogP contribution is -2.29. The van der Waals surface area contributed by atoms with Crippen LogP contribution in [-0.2, 0) is 51.9 Å². The molecule has 78 heavy (non-hydrogen) atoms. The maximum atomic E-state index is 12.9. The van der Waals surface area contributed by atoms with Crippen LogP contribution in [0.1, 0.15) is 94.7 Å². The van der Waals surface area contributed by atoms with Gasteiger partial charge >= 0.3 is 29.2 Å². The van der Waals surface area contributed by atoms with Crippen LogP contribution in [0.3, 0.4) is 0 Å². The topological polar surface area (TPSA) is 333 Å². The molecule has 0 spiro atoms. The largest absolute Gasteiger partial charge is 0.490 e. The molecule has 7 rings (SSSR count). The first-order chi connectivity index (χ1) is 36.7. The van der Waals surface area contributed by atoms with Gasteiger partial charge in [-0.2, -0.15) is 22.0 Å². The van der Waals surface area contributed by atoms with Gasteiger partial charge in [-0.15, -0.1) is 0 Å². The van der Waals surface area contributed by atoms with E-state index >= 15 is 0 Å². The number of carbonyl (C=O) groups is 1. The number of fused-ring (bicyclic) bond motifs is 2. The van der Waals surface area contributed by atoms with E-state index in [2.05, 4.69) is 82.9 Å². The highest BCUT2D eigenvalue weighted by Crippen LogP contribution is 2.66. The summed E-state index contributed by atoms with van der Waals surface area (Å²) in [6.45, 7) is 11.8. The molecule has 4 atom stereocenters. The summed E-state index contributed by atoms with van der Waals surface area (Å²) >= 11 is 0. The van der Waals surface area contributed by atoms with Gasteiger partial charge in [0.1, 0.15) is 36.7 Å². The van der Waals surface area contributed by atoms with Crippen LogP contribution < -0.4 is 31.6 Å². The fourth-order valence-electron chi connectivity index (χ4n) is 9.37. The Hall–Kier alpha value is -5.86. The molecule has 1 saturated heterocycles. The molecule has 27 heteroatoms. The van der Waals surface area contributed by atoms with Crippen molar-refractivity contribution in [3.8, 4) is 34.5 Å². The third-order valence-corrected chi connectivity index (χ3v) is 17.8. The van der Waals surface area contributed by atoms with Gasteiger partial charge in [0.15, 0.2) is 0 Å². The Morgan fingerprint density at radius 2 is 1.72 bits per heavy atom. The fourth-order valence-corrected chi connectivity index (χ4v) is 12.9. The second-order valence-electron chi connectivity index (χ2n) is 18.8. The molecule has 0 bridgehead atoms. The second-order valence-corrected chi connectivity index (χ2v) is 24.7. The van der Waals surface area contributed by atoms with Gasteiger partial charge in [-0.25, -0.2) is 23.1 Å². The number of phosphoric ester groups is 1. The van der Waals surface area contributed by atoms with Crippen LogP contribution in [0.5, 0.6) is 0 Å². The molecule has 2 aromatic carbocycles. The molecule has 1 aromatic heterocycles. The van der Waals surface area contributed by atoms with Crippen LogP contribution in [0.4, 0.5) is 11.5 Å². The quantitative estimate of drug-likeness (QED) is 0.0128. The van der Waals surface area contributed by atoms with Gasteiger partial charge in [0.05, 0.1) is 35.8 Å². The van der Waals surface area contributed by atoms with Crippen molar-refractivity contribution in [3.63, 3.8) is 0 Å². The van der Waals surface area contributed by atoms with Crippen molar-refractivity contribution in [2.75, 3.05) is 43.4 Å². The summed E-state index contributed by atoms with van der Waals surface area (Å²) in [7, 11) is -21.2. The number of carbonyl (C=O) groups excluding carboxylic acids is 1. The van der Waals surface area contributed by atoms with Gasteiger partial charge in [0.25, 0.3) is 10.1 Å². The summed E-state index contributed by atoms with van der Waals surface area (Å²) in [6.07, 6.45) is 7.90. The highest BCUT2D eigenvalue weighted by Gasteiger charge is 2.42. The minimum absolute atomic E-state index is 0.0646. The van der Waals surface area contributed by atoms with Crippen molar-refractivity contribution >= 4 is 57.1 Å². The number of phosphoric acid groups is 3. The highest BCUT2D eigenvalue weighted by molar-refractivity contribution is 7.85. The number of unbranched alkanes of at least 4 members (excludes halogenated alkanes) is 2. The number of nitrogens with two attached hydrogens (primary N) is 1. The van der Waals surface area contributed by atoms with E-state index in [-0.39, 0.29) is 48.0 Å². The van der Waals surface area contributed by atoms with Crippen molar-refractivity contribution in [3.05, 3.63) is 129 Å². The number of benzene rings is 3. The minimum atomic E-state index is -5.71. The number of aromatic nitrogens is 2. The van der Waals surface area contributed by atoms with Gasteiger partial charge in [-0.1, -0.05) is 74.6 Å². The lowest BCUT2D eigenvalue weighted by Gasteiger charge is -2.27. The number of amides is 1. The molecule has 3 aliphatic heterocycles. The van der Waals surface area contributed by atoms with Crippen LogP contribution in [0.15, 0.2) is 105 Å². The predicted molar refractivity (Wildman–Crippen MR) is 290 cm³/mol. The number of allylic oxidation sites excluding steroid dienone is 3. The zero-order chi connectivity index (χ0) is 56.8. The molecule has 418 valence electrons. The van der Waals surface area contributed by atoms with Crippen molar-refractivity contribution in [2.45, 2.75) is 95.8 Å². The molecule has 4 heterocycles. The zero-order valence-corrected chi connectivity index (χ0v) is 46.8. The Bertz CT molecular complexity index is 3560. The molecule has 1 amide bonds. The number of nitrogens with zero attached hydrogens (tertiary/aromatic N) is 4. The van der Waals surface area contributed by atoms with E-state index in [1.807, 2.05) is 63.3 Å². The molecule has 0 radical (unpaired) electrons. The Morgan fingerprint density at radius 3 is 2.41 bits per heavy atom. The third-order valence-electron chi connectivity index (χ3n) is 13.2. The average Bonchev–Trinajstić information content (AvgIpc) is 3.99. The molecule has 3 aromatic rings. The summed E-state index contributed by atoms with van der Waals surface area (Å²) < 4.78 is 97.1. The molecular weight excluding hydrogens is 1090 g/mol. The van der Waals surface area contributed by atoms with Gasteiger partial charge in [0.2, 0.25) is 11.3 Å². The van der Waals surface area contributed by atoms with Crippen LogP contribution in [0.25, 0.3) is 28.7 Å². The Morgan fingerprint density at radius 1 is 0.987 bits per heavy atom. The van der Waals surface area contributed by atoms with Crippen molar-refractivity contribution in [1.82, 2.24) is 19.4 Å². The van der Waals surface area contributed by atoms with E-state index in [9.17, 15) is 46.0 Å². The first-order valence-corrected chi connectivity index (χ1v) is 30.7. The fraction of sp³-hybridized carbons (Fsp3) is 0.373. The molecule has 1 aliphatic carbocycles. The summed E-state index contributed by atoms with van der Waals surface area (Å²) in [6, 6.07) is 20.9. The number of nitrogens with one attached hydrogen (secondary N) is 1. The Kier molecular flexibility index (Phi) is 18.9. The lowest BCUT2D eigenvalue weighted by molar-refractivity contribution is -0.120. The summed E-state index contributed by atoms with van der Waals surface area (Å²) in [5, 5.41) is 3.81. The van der Waals surface area contributed by atoms with Crippen LogP contribution in [0.2, 0.25) is 0 Å². The standard InChI is InChI=1S/C51H61N6O17P3S/c1-6-55(7-2)37-22-25-41-40(34(3)48(72-44(41)30-37)35-16-10-8-11-17-35)19-14-20-45-51(4,5)42-31-39(78(67,68)69)24-26-43(42)56(45)29-13-9-12-21-46(58)53-28-15-18-36-32-57(50(59)54-49(36)52)47-27-23-38(71-47)33-70-76(63,64)74-77(65,66)73-75(60,61)62/h8,10-11,14,16-17,19-20,22,24-26,30-32,38,47H,6-7,9,12-13,21,23,27-29,33H2,1-5H3,(H7-,52,53,54,58,59,60,61,62,63,64,65,66,67,68,69)/p+1/t38-,47+/m0/s1. The van der Waals surface area contributed by atoms with Crippen LogP contribution >= 0.6 is 23.5 Å². The summed E-state index contributed by atoms with van der Waals surface area (Å²) in [4.78, 5) is 68.0. The van der Waals surface area contributed by atoms with Gasteiger partial charge in [-0.3, -0.25) is 18.4 Å². The number of anilines is 2. The van der Waals surface area contributed by atoms with E-state index in [1.54, 1.807) is 6.07 Å². The normalized spacial score (nSPS) is 18.4. The second kappa shape index (κ2) is 24.7. The zero-order valence-electron chi connectivity index (χ0n) is 43.3.